The normalized spacial score (nSPS) is 11.0. The fourth-order valence-corrected chi connectivity index (χ4v) is 2.74. The topological polar surface area (TPSA) is 34.9 Å². The number of nitrogens with zero attached hydrogens (tertiary/aromatic N) is 2. The maximum atomic E-state index is 12.6. The van der Waals surface area contributed by atoms with Crippen molar-refractivity contribution in [2.24, 2.45) is 7.05 Å². The Morgan fingerprint density at radius 1 is 1.14 bits per heavy atom. The predicted octanol–water partition coefficient (Wildman–Crippen LogP) is 3.56. The zero-order valence-electron chi connectivity index (χ0n) is 12.3. The average Bonchev–Trinajstić information content (AvgIpc) is 2.89. The van der Waals surface area contributed by atoms with E-state index in [9.17, 15) is 4.79 Å². The van der Waals surface area contributed by atoms with Crippen LogP contribution in [0.25, 0.3) is 10.8 Å². The number of aryl methyl sites for hydroxylation is 2. The van der Waals surface area contributed by atoms with E-state index in [4.69, 9.17) is 0 Å². The van der Waals surface area contributed by atoms with Crippen molar-refractivity contribution in [3.63, 3.8) is 0 Å². The average molecular weight is 278 g/mol. The largest absolute Gasteiger partial charge is 0.294 e. The lowest BCUT2D eigenvalue weighted by atomic mass is 9.97. The van der Waals surface area contributed by atoms with Crippen molar-refractivity contribution in [2.45, 2.75) is 19.8 Å². The van der Waals surface area contributed by atoms with Crippen LogP contribution in [0.2, 0.25) is 0 Å². The second-order valence-electron chi connectivity index (χ2n) is 5.25. The molecule has 0 radical (unpaired) electrons. The summed E-state index contributed by atoms with van der Waals surface area (Å²) >= 11 is 0. The van der Waals surface area contributed by atoms with Crippen LogP contribution in [0.15, 0.2) is 48.7 Å². The van der Waals surface area contributed by atoms with Crippen LogP contribution in [0.1, 0.15) is 28.5 Å². The third kappa shape index (κ3) is 2.59. The van der Waals surface area contributed by atoms with Gasteiger partial charge in [-0.1, -0.05) is 49.4 Å². The molecule has 0 amide bonds. The molecule has 0 aliphatic rings. The van der Waals surface area contributed by atoms with Crippen molar-refractivity contribution >= 4 is 16.6 Å². The van der Waals surface area contributed by atoms with Gasteiger partial charge in [0, 0.05) is 19.7 Å². The van der Waals surface area contributed by atoms with E-state index in [1.807, 2.05) is 44.4 Å². The van der Waals surface area contributed by atoms with Crippen LogP contribution >= 0.6 is 0 Å². The molecule has 0 atom stereocenters. The van der Waals surface area contributed by atoms with Crippen LogP contribution in [0.3, 0.4) is 0 Å². The molecule has 0 unspecified atom stereocenters. The first kappa shape index (κ1) is 13.6. The molecule has 2 aromatic carbocycles. The molecule has 0 aliphatic carbocycles. The number of Topliss-reactive ketones (excluding diaryl/α,β-unsaturated/α-hetero) is 1. The van der Waals surface area contributed by atoms with Crippen molar-refractivity contribution in [1.29, 1.82) is 0 Å². The molecule has 1 aromatic heterocycles. The van der Waals surface area contributed by atoms with Crippen molar-refractivity contribution in [2.75, 3.05) is 0 Å². The van der Waals surface area contributed by atoms with Crippen LogP contribution in [0.4, 0.5) is 0 Å². The monoisotopic (exact) mass is 278 g/mol. The second-order valence-corrected chi connectivity index (χ2v) is 5.25. The summed E-state index contributed by atoms with van der Waals surface area (Å²) in [6.07, 6.45) is 3.02. The molecule has 21 heavy (non-hydrogen) atoms. The number of ketones is 1. The maximum Gasteiger partial charge on any atom is 0.170 e. The van der Waals surface area contributed by atoms with Gasteiger partial charge in [0.15, 0.2) is 5.78 Å². The lowest BCUT2D eigenvalue weighted by molar-refractivity contribution is 0.0992. The summed E-state index contributed by atoms with van der Waals surface area (Å²) in [4.78, 5) is 12.6. The third-order valence-electron chi connectivity index (χ3n) is 3.77. The van der Waals surface area contributed by atoms with Gasteiger partial charge in [-0.2, -0.15) is 5.10 Å². The second kappa shape index (κ2) is 5.52. The SMILES string of the molecule is CCc1nn(C)cc1C(=O)Cc1cccc2ccccc12. The number of carbonyl (C=O) groups excluding carboxylic acids is 1. The maximum absolute atomic E-state index is 12.6. The molecule has 0 saturated carbocycles. The highest BCUT2D eigenvalue weighted by Gasteiger charge is 2.15. The lowest BCUT2D eigenvalue weighted by Gasteiger charge is -2.06. The predicted molar refractivity (Wildman–Crippen MR) is 84.6 cm³/mol. The lowest BCUT2D eigenvalue weighted by Crippen LogP contribution is -2.05. The summed E-state index contributed by atoms with van der Waals surface area (Å²) in [5, 5.41) is 6.67. The Bertz CT molecular complexity index is 797. The Hall–Kier alpha value is -2.42. The minimum absolute atomic E-state index is 0.135. The molecular weight excluding hydrogens is 260 g/mol. The summed E-state index contributed by atoms with van der Waals surface area (Å²) in [6.45, 7) is 2.02. The highest BCUT2D eigenvalue weighted by molar-refractivity contribution is 6.00. The Labute approximate surface area is 124 Å². The fraction of sp³-hybridized carbons (Fsp3) is 0.222. The molecule has 3 heteroatoms. The summed E-state index contributed by atoms with van der Waals surface area (Å²) < 4.78 is 1.72. The van der Waals surface area contributed by atoms with E-state index >= 15 is 0 Å². The summed E-state index contributed by atoms with van der Waals surface area (Å²) in [7, 11) is 1.86. The third-order valence-corrected chi connectivity index (χ3v) is 3.77. The number of hydrogen-bond acceptors (Lipinski definition) is 2. The van der Waals surface area contributed by atoms with Crippen molar-refractivity contribution in [3.05, 3.63) is 65.5 Å². The number of benzene rings is 2. The van der Waals surface area contributed by atoms with Gasteiger partial charge in [0.2, 0.25) is 0 Å². The van der Waals surface area contributed by atoms with Gasteiger partial charge in [0.05, 0.1) is 11.3 Å². The van der Waals surface area contributed by atoms with Gasteiger partial charge in [-0.05, 0) is 22.8 Å². The van der Waals surface area contributed by atoms with Crippen LogP contribution in [-0.4, -0.2) is 15.6 Å². The number of aromatic nitrogens is 2. The minimum atomic E-state index is 0.135. The first-order valence-corrected chi connectivity index (χ1v) is 7.21. The van der Waals surface area contributed by atoms with Crippen LogP contribution in [0, 0.1) is 0 Å². The zero-order chi connectivity index (χ0) is 14.8. The summed E-state index contributed by atoms with van der Waals surface area (Å²) in [6, 6.07) is 14.3. The van der Waals surface area contributed by atoms with Gasteiger partial charge in [0.1, 0.15) is 0 Å². The van der Waals surface area contributed by atoms with E-state index in [0.29, 0.717) is 6.42 Å². The van der Waals surface area contributed by atoms with Crippen LogP contribution in [-0.2, 0) is 19.9 Å². The first-order valence-electron chi connectivity index (χ1n) is 7.21. The molecule has 0 spiro atoms. The minimum Gasteiger partial charge on any atom is -0.294 e. The van der Waals surface area contributed by atoms with E-state index in [1.165, 1.54) is 5.39 Å². The van der Waals surface area contributed by atoms with Gasteiger partial charge >= 0.3 is 0 Å². The molecule has 3 aromatic rings. The molecular formula is C18H18N2O. The van der Waals surface area contributed by atoms with E-state index in [-0.39, 0.29) is 5.78 Å². The van der Waals surface area contributed by atoms with Crippen molar-refractivity contribution in [3.8, 4) is 0 Å². The van der Waals surface area contributed by atoms with Crippen LogP contribution in [0.5, 0.6) is 0 Å². The number of hydrogen-bond donors (Lipinski definition) is 0. The molecule has 3 nitrogen and oxygen atoms in total. The summed E-state index contributed by atoms with van der Waals surface area (Å²) in [5.41, 5.74) is 2.69. The van der Waals surface area contributed by atoms with Gasteiger partial charge in [0.25, 0.3) is 0 Å². The molecule has 0 aliphatic heterocycles. The Morgan fingerprint density at radius 3 is 2.71 bits per heavy atom. The number of fused-ring (bicyclic) bond motifs is 1. The quantitative estimate of drug-likeness (QED) is 0.684. The number of carbonyl (C=O) groups is 1. The fourth-order valence-electron chi connectivity index (χ4n) is 2.74. The molecule has 0 fully saturated rings. The Morgan fingerprint density at radius 2 is 1.90 bits per heavy atom. The molecule has 0 N–H and O–H groups in total. The number of rotatable bonds is 4. The van der Waals surface area contributed by atoms with Crippen molar-refractivity contribution in [1.82, 2.24) is 9.78 Å². The zero-order valence-corrected chi connectivity index (χ0v) is 12.3. The molecule has 106 valence electrons. The highest BCUT2D eigenvalue weighted by Crippen LogP contribution is 2.21. The highest BCUT2D eigenvalue weighted by atomic mass is 16.1. The van der Waals surface area contributed by atoms with E-state index in [0.717, 1.165) is 28.6 Å². The van der Waals surface area contributed by atoms with Crippen LogP contribution < -0.4 is 0 Å². The van der Waals surface area contributed by atoms with Gasteiger partial charge < -0.3 is 0 Å². The van der Waals surface area contributed by atoms with Gasteiger partial charge in [-0.3, -0.25) is 9.48 Å². The smallest absolute Gasteiger partial charge is 0.170 e. The van der Waals surface area contributed by atoms with Gasteiger partial charge in [-0.25, -0.2) is 0 Å². The van der Waals surface area contributed by atoms with Crippen molar-refractivity contribution < 1.29 is 4.79 Å². The van der Waals surface area contributed by atoms with E-state index in [1.54, 1.807) is 4.68 Å². The molecule has 0 bridgehead atoms. The molecule has 3 rings (SSSR count). The molecule has 0 saturated heterocycles. The first-order chi connectivity index (χ1) is 10.2. The van der Waals surface area contributed by atoms with E-state index < -0.39 is 0 Å². The van der Waals surface area contributed by atoms with Gasteiger partial charge in [-0.15, -0.1) is 0 Å². The van der Waals surface area contributed by atoms with E-state index in [2.05, 4.69) is 23.3 Å². The Kier molecular flexibility index (Phi) is 3.57. The Balaban J connectivity index is 1.96. The standard InChI is InChI=1S/C18H18N2O/c1-3-17-16(12-20(2)19-17)18(21)11-14-9-6-8-13-7-4-5-10-15(13)14/h4-10,12H,3,11H2,1-2H3. The molecule has 1 heterocycles. The summed E-state index contributed by atoms with van der Waals surface area (Å²) in [5.74, 6) is 0.135.